The van der Waals surface area contributed by atoms with E-state index in [2.05, 4.69) is 5.32 Å². The molecule has 3 N–H and O–H groups in total. The van der Waals surface area contributed by atoms with Crippen molar-refractivity contribution in [1.82, 2.24) is 5.32 Å². The molecule has 100 valence electrons. The number of sulfonamides is 1. The number of nitrogens with two attached hydrogens (primary N) is 1. The van der Waals surface area contributed by atoms with E-state index in [9.17, 15) is 17.6 Å². The van der Waals surface area contributed by atoms with Crippen LogP contribution >= 0.6 is 0 Å². The molecule has 1 amide bonds. The van der Waals surface area contributed by atoms with Gasteiger partial charge in [0.1, 0.15) is 5.82 Å². The molecule has 0 unspecified atom stereocenters. The highest BCUT2D eigenvalue weighted by Gasteiger charge is 2.19. The summed E-state index contributed by atoms with van der Waals surface area (Å²) in [5.41, 5.74) is -0.275. The molecule has 0 spiro atoms. The van der Waals surface area contributed by atoms with Crippen molar-refractivity contribution >= 4 is 15.9 Å². The highest BCUT2D eigenvalue weighted by Crippen LogP contribution is 2.18. The standard InChI is InChI=1S/C11H15FN2O3S/c1-6(2)14-11(15)9-5-8(18(13,16)17)4-7(3)10(9)12/h4-6H,1-3H3,(H,14,15)(H2,13,16,17). The van der Waals surface area contributed by atoms with E-state index in [-0.39, 0.29) is 22.1 Å². The number of aryl methyl sites for hydroxylation is 1. The van der Waals surface area contributed by atoms with Crippen LogP contribution in [0.15, 0.2) is 17.0 Å². The number of halogens is 1. The summed E-state index contributed by atoms with van der Waals surface area (Å²) in [6.45, 7) is 4.80. The monoisotopic (exact) mass is 274 g/mol. The summed E-state index contributed by atoms with van der Waals surface area (Å²) >= 11 is 0. The Morgan fingerprint density at radius 2 is 1.94 bits per heavy atom. The second kappa shape index (κ2) is 5.03. The number of hydrogen-bond donors (Lipinski definition) is 2. The Labute approximate surface area is 105 Å². The molecular weight excluding hydrogens is 259 g/mol. The van der Waals surface area contributed by atoms with Gasteiger partial charge in [0, 0.05) is 6.04 Å². The first-order valence-electron chi connectivity index (χ1n) is 5.26. The number of amides is 1. The Hall–Kier alpha value is -1.47. The van der Waals surface area contributed by atoms with Crippen LogP contribution in [0.2, 0.25) is 0 Å². The minimum atomic E-state index is -3.97. The summed E-state index contributed by atoms with van der Waals surface area (Å²) in [6.07, 6.45) is 0. The lowest BCUT2D eigenvalue weighted by Crippen LogP contribution is -2.31. The van der Waals surface area contributed by atoms with E-state index in [1.54, 1.807) is 13.8 Å². The number of hydrogen-bond acceptors (Lipinski definition) is 3. The number of nitrogens with one attached hydrogen (secondary N) is 1. The van der Waals surface area contributed by atoms with E-state index in [4.69, 9.17) is 5.14 Å². The predicted molar refractivity (Wildman–Crippen MR) is 65.1 cm³/mol. The van der Waals surface area contributed by atoms with Gasteiger partial charge in [-0.25, -0.2) is 17.9 Å². The molecule has 0 atom stereocenters. The van der Waals surface area contributed by atoms with E-state index < -0.39 is 21.7 Å². The molecule has 1 aromatic rings. The minimum absolute atomic E-state index is 0.0513. The van der Waals surface area contributed by atoms with Gasteiger partial charge < -0.3 is 5.32 Å². The lowest BCUT2D eigenvalue weighted by Gasteiger charge is -2.11. The molecule has 5 nitrogen and oxygen atoms in total. The molecule has 0 fully saturated rings. The fraction of sp³-hybridized carbons (Fsp3) is 0.364. The third-order valence-corrected chi connectivity index (χ3v) is 3.11. The average molecular weight is 274 g/mol. The van der Waals surface area contributed by atoms with Gasteiger partial charge in [-0.1, -0.05) is 0 Å². The van der Waals surface area contributed by atoms with E-state index in [0.29, 0.717) is 0 Å². The van der Waals surface area contributed by atoms with Crippen molar-refractivity contribution in [3.05, 3.63) is 29.1 Å². The van der Waals surface area contributed by atoms with Crippen LogP contribution in [-0.2, 0) is 10.0 Å². The van der Waals surface area contributed by atoms with Crippen molar-refractivity contribution in [2.45, 2.75) is 31.7 Å². The molecule has 1 rings (SSSR count). The van der Waals surface area contributed by atoms with Gasteiger partial charge in [0.2, 0.25) is 10.0 Å². The van der Waals surface area contributed by atoms with Crippen LogP contribution in [0, 0.1) is 12.7 Å². The average Bonchev–Trinajstić information content (AvgIpc) is 2.18. The van der Waals surface area contributed by atoms with Crippen molar-refractivity contribution in [3.63, 3.8) is 0 Å². The van der Waals surface area contributed by atoms with Gasteiger partial charge in [-0.3, -0.25) is 4.79 Å². The molecule has 0 saturated carbocycles. The van der Waals surface area contributed by atoms with Crippen LogP contribution in [-0.4, -0.2) is 20.4 Å². The van der Waals surface area contributed by atoms with Crippen LogP contribution in [0.25, 0.3) is 0 Å². The minimum Gasteiger partial charge on any atom is -0.350 e. The highest BCUT2D eigenvalue weighted by molar-refractivity contribution is 7.89. The second-order valence-electron chi connectivity index (χ2n) is 4.27. The van der Waals surface area contributed by atoms with Crippen molar-refractivity contribution in [1.29, 1.82) is 0 Å². The Morgan fingerprint density at radius 3 is 2.39 bits per heavy atom. The van der Waals surface area contributed by atoms with Gasteiger partial charge in [-0.05, 0) is 38.5 Å². The first-order valence-corrected chi connectivity index (χ1v) is 6.81. The molecule has 0 aromatic heterocycles. The number of rotatable bonds is 3. The Balaban J connectivity index is 3.36. The lowest BCUT2D eigenvalue weighted by atomic mass is 10.1. The fourth-order valence-electron chi connectivity index (χ4n) is 1.41. The Kier molecular flexibility index (Phi) is 4.08. The number of benzene rings is 1. The maximum Gasteiger partial charge on any atom is 0.254 e. The zero-order valence-corrected chi connectivity index (χ0v) is 11.1. The topological polar surface area (TPSA) is 89.3 Å². The fourth-order valence-corrected chi connectivity index (χ4v) is 2.03. The molecule has 0 aliphatic rings. The first-order chi connectivity index (χ1) is 8.12. The normalized spacial score (nSPS) is 11.7. The predicted octanol–water partition coefficient (Wildman–Crippen LogP) is 0.920. The maximum atomic E-state index is 13.8. The van der Waals surface area contributed by atoms with Crippen LogP contribution in [0.5, 0.6) is 0 Å². The van der Waals surface area contributed by atoms with Crippen LogP contribution < -0.4 is 10.5 Å². The van der Waals surface area contributed by atoms with Crippen molar-refractivity contribution < 1.29 is 17.6 Å². The molecule has 0 heterocycles. The van der Waals surface area contributed by atoms with Gasteiger partial charge in [0.05, 0.1) is 10.5 Å². The van der Waals surface area contributed by atoms with Gasteiger partial charge in [-0.15, -0.1) is 0 Å². The van der Waals surface area contributed by atoms with Gasteiger partial charge in [-0.2, -0.15) is 0 Å². The molecule has 7 heteroatoms. The summed E-state index contributed by atoms with van der Waals surface area (Å²) in [7, 11) is -3.97. The molecule has 0 aliphatic heterocycles. The van der Waals surface area contributed by atoms with E-state index >= 15 is 0 Å². The molecule has 1 aromatic carbocycles. The zero-order valence-electron chi connectivity index (χ0n) is 10.3. The van der Waals surface area contributed by atoms with Gasteiger partial charge >= 0.3 is 0 Å². The van der Waals surface area contributed by atoms with E-state index in [0.717, 1.165) is 12.1 Å². The summed E-state index contributed by atoms with van der Waals surface area (Å²) in [5.74, 6) is -1.42. The molecule has 0 saturated heterocycles. The number of primary sulfonamides is 1. The summed E-state index contributed by atoms with van der Waals surface area (Å²) in [5, 5.41) is 7.46. The largest absolute Gasteiger partial charge is 0.350 e. The van der Waals surface area contributed by atoms with Gasteiger partial charge in [0.15, 0.2) is 0 Å². The smallest absolute Gasteiger partial charge is 0.254 e. The summed E-state index contributed by atoms with van der Waals surface area (Å²) < 4.78 is 36.2. The molecule has 0 radical (unpaired) electrons. The Bertz CT molecular complexity index is 582. The molecular formula is C11H15FN2O3S. The quantitative estimate of drug-likeness (QED) is 0.859. The third kappa shape index (κ3) is 3.27. The van der Waals surface area contributed by atoms with E-state index in [1.807, 2.05) is 0 Å². The van der Waals surface area contributed by atoms with Crippen molar-refractivity contribution in [3.8, 4) is 0 Å². The van der Waals surface area contributed by atoms with Crippen LogP contribution in [0.1, 0.15) is 29.8 Å². The van der Waals surface area contributed by atoms with E-state index in [1.165, 1.54) is 6.92 Å². The second-order valence-corrected chi connectivity index (χ2v) is 5.84. The van der Waals surface area contributed by atoms with Gasteiger partial charge in [0.25, 0.3) is 5.91 Å². The van der Waals surface area contributed by atoms with Crippen molar-refractivity contribution in [2.24, 2.45) is 5.14 Å². The summed E-state index contributed by atoms with van der Waals surface area (Å²) in [6, 6.07) is 1.85. The first kappa shape index (κ1) is 14.6. The number of carbonyl (C=O) groups excluding carboxylic acids is 1. The zero-order chi connectivity index (χ0) is 14.1. The van der Waals surface area contributed by atoms with Crippen molar-refractivity contribution in [2.75, 3.05) is 0 Å². The van der Waals surface area contributed by atoms with Crippen LogP contribution in [0.4, 0.5) is 4.39 Å². The molecule has 0 aliphatic carbocycles. The van der Waals surface area contributed by atoms with Crippen LogP contribution in [0.3, 0.4) is 0 Å². The summed E-state index contributed by atoms with van der Waals surface area (Å²) in [4.78, 5) is 11.4. The number of carbonyl (C=O) groups is 1. The molecule has 0 bridgehead atoms. The Morgan fingerprint density at radius 1 is 1.39 bits per heavy atom. The highest BCUT2D eigenvalue weighted by atomic mass is 32.2. The maximum absolute atomic E-state index is 13.8. The molecule has 18 heavy (non-hydrogen) atoms. The SMILES string of the molecule is Cc1cc(S(N)(=O)=O)cc(C(=O)NC(C)C)c1F. The third-order valence-electron chi connectivity index (χ3n) is 2.22. The lowest BCUT2D eigenvalue weighted by molar-refractivity contribution is 0.0938.